The number of nitrogens with one attached hydrogen (secondary N) is 1. The second-order valence-electron chi connectivity index (χ2n) is 7.23. The zero-order chi connectivity index (χ0) is 19.3. The molecular weight excluding hydrogens is 509 g/mol. The third-order valence-corrected chi connectivity index (χ3v) is 5.62. The first-order valence-electron chi connectivity index (χ1n) is 10.0. The summed E-state index contributed by atoms with van der Waals surface area (Å²) in [6.07, 6.45) is 3.34. The molecule has 0 aromatic heterocycles. The first kappa shape index (κ1) is 22.7. The van der Waals surface area contributed by atoms with Crippen LogP contribution >= 0.6 is 35.6 Å². The number of morpholine rings is 1. The van der Waals surface area contributed by atoms with Crippen molar-refractivity contribution in [2.24, 2.45) is 4.99 Å². The Morgan fingerprint density at radius 2 is 2.00 bits per heavy atom. The van der Waals surface area contributed by atoms with Crippen LogP contribution in [0, 0.1) is 0 Å². The third-order valence-electron chi connectivity index (χ3n) is 5.34. The van der Waals surface area contributed by atoms with Gasteiger partial charge in [-0.3, -0.25) is 4.99 Å². The number of hydrogen-bond acceptors (Lipinski definition) is 5. The highest BCUT2D eigenvalue weighted by Crippen LogP contribution is 2.38. The van der Waals surface area contributed by atoms with Crippen LogP contribution in [0.5, 0.6) is 11.5 Å². The van der Waals surface area contributed by atoms with Gasteiger partial charge in [-0.2, -0.15) is 0 Å². The van der Waals surface area contributed by atoms with Crippen molar-refractivity contribution in [1.82, 2.24) is 10.2 Å². The monoisotopic (exact) mass is 537 g/mol. The first-order valence-corrected chi connectivity index (χ1v) is 10.4. The van der Waals surface area contributed by atoms with E-state index in [0.29, 0.717) is 30.6 Å². The lowest BCUT2D eigenvalue weighted by atomic mass is 10.1. The first-order chi connectivity index (χ1) is 13.7. The second kappa shape index (κ2) is 10.9. The SMILES string of the molecule is CN=C(NCCc1cc(Cl)c2c(c1)OCCO2)N1CCOC(C2CCCO2)C1.I. The van der Waals surface area contributed by atoms with Crippen LogP contribution in [0.2, 0.25) is 5.02 Å². The third kappa shape index (κ3) is 5.59. The molecule has 29 heavy (non-hydrogen) atoms. The average molecular weight is 538 g/mol. The van der Waals surface area contributed by atoms with Crippen molar-refractivity contribution >= 4 is 41.5 Å². The van der Waals surface area contributed by atoms with E-state index in [-0.39, 0.29) is 36.2 Å². The van der Waals surface area contributed by atoms with Crippen molar-refractivity contribution in [3.63, 3.8) is 0 Å². The summed E-state index contributed by atoms with van der Waals surface area (Å²) in [6, 6.07) is 3.95. The number of halogens is 2. The smallest absolute Gasteiger partial charge is 0.193 e. The molecule has 2 atom stereocenters. The highest BCUT2D eigenvalue weighted by molar-refractivity contribution is 14.0. The molecule has 3 heterocycles. The molecule has 162 valence electrons. The summed E-state index contributed by atoms with van der Waals surface area (Å²) in [5.41, 5.74) is 1.11. The van der Waals surface area contributed by atoms with Crippen LogP contribution < -0.4 is 14.8 Å². The summed E-state index contributed by atoms with van der Waals surface area (Å²) in [7, 11) is 1.82. The highest BCUT2D eigenvalue weighted by Gasteiger charge is 2.32. The van der Waals surface area contributed by atoms with Crippen LogP contribution in [0.1, 0.15) is 18.4 Å². The summed E-state index contributed by atoms with van der Waals surface area (Å²) >= 11 is 6.33. The number of aliphatic imine (C=N–C) groups is 1. The number of guanidine groups is 1. The lowest BCUT2D eigenvalue weighted by molar-refractivity contribution is -0.0816. The fourth-order valence-electron chi connectivity index (χ4n) is 3.95. The number of fused-ring (bicyclic) bond motifs is 1. The summed E-state index contributed by atoms with van der Waals surface area (Å²) in [5.74, 6) is 2.27. The van der Waals surface area contributed by atoms with E-state index in [1.165, 1.54) is 0 Å². The van der Waals surface area contributed by atoms with Gasteiger partial charge in [-0.05, 0) is 37.0 Å². The van der Waals surface area contributed by atoms with Crippen molar-refractivity contribution < 1.29 is 18.9 Å². The predicted octanol–water partition coefficient (Wildman–Crippen LogP) is 2.73. The maximum absolute atomic E-state index is 6.33. The molecule has 3 aliphatic rings. The van der Waals surface area contributed by atoms with Gasteiger partial charge in [-0.15, -0.1) is 24.0 Å². The number of benzene rings is 1. The Bertz CT molecular complexity index is 715. The van der Waals surface area contributed by atoms with Gasteiger partial charge in [-0.1, -0.05) is 11.6 Å². The van der Waals surface area contributed by atoms with Crippen molar-refractivity contribution in [3.8, 4) is 11.5 Å². The highest BCUT2D eigenvalue weighted by atomic mass is 127. The Morgan fingerprint density at radius 1 is 1.17 bits per heavy atom. The average Bonchev–Trinajstić information content (AvgIpc) is 3.26. The van der Waals surface area contributed by atoms with Gasteiger partial charge < -0.3 is 29.2 Å². The molecule has 0 aliphatic carbocycles. The predicted molar refractivity (Wildman–Crippen MR) is 123 cm³/mol. The van der Waals surface area contributed by atoms with Gasteiger partial charge in [0.15, 0.2) is 17.5 Å². The maximum Gasteiger partial charge on any atom is 0.193 e. The molecule has 2 fully saturated rings. The molecule has 1 N–H and O–H groups in total. The number of ether oxygens (including phenoxy) is 4. The topological polar surface area (TPSA) is 64.6 Å². The van der Waals surface area contributed by atoms with Crippen LogP contribution in [-0.2, 0) is 15.9 Å². The molecule has 1 aromatic rings. The molecule has 2 saturated heterocycles. The summed E-state index contributed by atoms with van der Waals surface area (Å²) in [5, 5.41) is 4.06. The number of rotatable bonds is 4. The Labute approximate surface area is 194 Å². The minimum Gasteiger partial charge on any atom is -0.486 e. The van der Waals surface area contributed by atoms with E-state index in [0.717, 1.165) is 62.8 Å². The molecule has 0 amide bonds. The van der Waals surface area contributed by atoms with E-state index >= 15 is 0 Å². The fourth-order valence-corrected chi connectivity index (χ4v) is 4.24. The van der Waals surface area contributed by atoms with Crippen LogP contribution in [-0.4, -0.2) is 76.2 Å². The van der Waals surface area contributed by atoms with Gasteiger partial charge in [0, 0.05) is 33.3 Å². The van der Waals surface area contributed by atoms with E-state index in [9.17, 15) is 0 Å². The minimum absolute atomic E-state index is 0. The van der Waals surface area contributed by atoms with E-state index in [1.807, 2.05) is 19.2 Å². The number of hydrogen-bond donors (Lipinski definition) is 1. The second-order valence-corrected chi connectivity index (χ2v) is 7.64. The fraction of sp³-hybridized carbons (Fsp3) is 0.650. The summed E-state index contributed by atoms with van der Waals surface area (Å²) in [4.78, 5) is 6.71. The molecule has 3 aliphatic heterocycles. The molecule has 2 unspecified atom stereocenters. The molecule has 7 nitrogen and oxygen atoms in total. The van der Waals surface area contributed by atoms with Gasteiger partial charge in [0.25, 0.3) is 0 Å². The van der Waals surface area contributed by atoms with E-state index < -0.39 is 0 Å². The zero-order valence-electron chi connectivity index (χ0n) is 16.7. The number of nitrogens with zero attached hydrogens (tertiary/aromatic N) is 2. The van der Waals surface area contributed by atoms with Crippen LogP contribution in [0.25, 0.3) is 0 Å². The van der Waals surface area contributed by atoms with Gasteiger partial charge in [0.05, 0.1) is 17.7 Å². The lowest BCUT2D eigenvalue weighted by Crippen LogP contribution is -2.53. The quantitative estimate of drug-likeness (QED) is 0.362. The van der Waals surface area contributed by atoms with Crippen LogP contribution in [0.4, 0.5) is 0 Å². The Hall–Kier alpha value is -0.970. The maximum atomic E-state index is 6.33. The van der Waals surface area contributed by atoms with Gasteiger partial charge in [0.2, 0.25) is 0 Å². The molecular formula is C20H29ClIN3O4. The van der Waals surface area contributed by atoms with E-state index in [2.05, 4.69) is 15.2 Å². The van der Waals surface area contributed by atoms with Gasteiger partial charge in [-0.25, -0.2) is 0 Å². The van der Waals surface area contributed by atoms with Crippen molar-refractivity contribution in [2.45, 2.75) is 31.5 Å². The van der Waals surface area contributed by atoms with Crippen LogP contribution in [0.15, 0.2) is 17.1 Å². The van der Waals surface area contributed by atoms with Gasteiger partial charge >= 0.3 is 0 Å². The Kier molecular flexibility index (Phi) is 8.52. The summed E-state index contributed by atoms with van der Waals surface area (Å²) < 4.78 is 23.0. The van der Waals surface area contributed by atoms with Crippen LogP contribution in [0.3, 0.4) is 0 Å². The van der Waals surface area contributed by atoms with Crippen molar-refractivity contribution in [1.29, 1.82) is 0 Å². The zero-order valence-corrected chi connectivity index (χ0v) is 19.8. The molecule has 9 heteroatoms. The Balaban J connectivity index is 0.00000240. The summed E-state index contributed by atoms with van der Waals surface area (Å²) in [6.45, 7) is 5.03. The van der Waals surface area contributed by atoms with Crippen molar-refractivity contribution in [2.75, 3.05) is 53.1 Å². The Morgan fingerprint density at radius 3 is 2.79 bits per heavy atom. The van der Waals surface area contributed by atoms with E-state index in [1.54, 1.807) is 0 Å². The largest absolute Gasteiger partial charge is 0.486 e. The van der Waals surface area contributed by atoms with Gasteiger partial charge in [0.1, 0.15) is 19.3 Å². The molecule has 0 radical (unpaired) electrons. The standard InChI is InChI=1S/C20H28ClN3O4.HI/c1-22-20(24-6-8-26-18(13-24)16-3-2-7-25-16)23-5-4-14-11-15(21)19-17(12-14)27-9-10-28-19;/h11-12,16,18H,2-10,13H2,1H3,(H,22,23);1H. The minimum atomic E-state index is 0. The lowest BCUT2D eigenvalue weighted by Gasteiger charge is -2.37. The molecule has 0 spiro atoms. The van der Waals surface area contributed by atoms with E-state index in [4.69, 9.17) is 30.5 Å². The molecule has 1 aromatic carbocycles. The molecule has 0 bridgehead atoms. The van der Waals surface area contributed by atoms with Crippen molar-refractivity contribution in [3.05, 3.63) is 22.7 Å². The molecule has 4 rings (SSSR count). The molecule has 0 saturated carbocycles. The normalized spacial score (nSPS) is 24.2.